The third-order valence-electron chi connectivity index (χ3n) is 2.05. The first-order chi connectivity index (χ1) is 7.16. The standard InChI is InChI=1S/C12H24O3/c1-4-5-6-7-8-9-10-14-12(13)15-11(2)3/h11H,4-10H2,1-3H3. The van der Waals surface area contributed by atoms with Gasteiger partial charge in [0.25, 0.3) is 0 Å². The Morgan fingerprint density at radius 3 is 2.27 bits per heavy atom. The fourth-order valence-corrected chi connectivity index (χ4v) is 1.26. The van der Waals surface area contributed by atoms with Crippen molar-refractivity contribution in [1.82, 2.24) is 0 Å². The Morgan fingerprint density at radius 1 is 1.07 bits per heavy atom. The molecule has 15 heavy (non-hydrogen) atoms. The van der Waals surface area contributed by atoms with Crippen LogP contribution < -0.4 is 0 Å². The van der Waals surface area contributed by atoms with E-state index < -0.39 is 6.16 Å². The minimum Gasteiger partial charge on any atom is -0.434 e. The van der Waals surface area contributed by atoms with Crippen molar-refractivity contribution in [2.24, 2.45) is 0 Å². The highest BCUT2D eigenvalue weighted by atomic mass is 16.7. The first-order valence-corrected chi connectivity index (χ1v) is 6.00. The van der Waals surface area contributed by atoms with Crippen LogP contribution in [0.4, 0.5) is 4.79 Å². The highest BCUT2D eigenvalue weighted by Gasteiger charge is 2.05. The van der Waals surface area contributed by atoms with Gasteiger partial charge in [0.15, 0.2) is 0 Å². The summed E-state index contributed by atoms with van der Waals surface area (Å²) in [4.78, 5) is 10.9. The van der Waals surface area contributed by atoms with E-state index in [1.807, 2.05) is 13.8 Å². The molecule has 0 radical (unpaired) electrons. The SMILES string of the molecule is CCCCCCCCOC(=O)OC(C)C. The molecule has 0 aromatic heterocycles. The van der Waals surface area contributed by atoms with Crippen molar-refractivity contribution >= 4 is 6.16 Å². The van der Waals surface area contributed by atoms with E-state index in [1.54, 1.807) is 0 Å². The number of carbonyl (C=O) groups is 1. The molecule has 0 atom stereocenters. The monoisotopic (exact) mass is 216 g/mol. The number of hydrogen-bond donors (Lipinski definition) is 0. The lowest BCUT2D eigenvalue weighted by molar-refractivity contribution is 0.0336. The molecule has 0 aliphatic carbocycles. The van der Waals surface area contributed by atoms with Gasteiger partial charge < -0.3 is 9.47 Å². The second-order valence-electron chi connectivity index (χ2n) is 4.03. The molecule has 0 N–H and O–H groups in total. The molecule has 0 saturated heterocycles. The lowest BCUT2D eigenvalue weighted by Crippen LogP contribution is -2.13. The lowest BCUT2D eigenvalue weighted by Gasteiger charge is -2.08. The third kappa shape index (κ3) is 11.2. The maximum absolute atomic E-state index is 10.9. The molecule has 3 nitrogen and oxygen atoms in total. The zero-order chi connectivity index (χ0) is 11.5. The fourth-order valence-electron chi connectivity index (χ4n) is 1.26. The minimum atomic E-state index is -0.543. The van der Waals surface area contributed by atoms with Crippen LogP contribution in [0.2, 0.25) is 0 Å². The molecule has 0 aliphatic rings. The zero-order valence-corrected chi connectivity index (χ0v) is 10.3. The van der Waals surface area contributed by atoms with Crippen LogP contribution in [-0.2, 0) is 9.47 Å². The molecule has 0 aliphatic heterocycles. The summed E-state index contributed by atoms with van der Waals surface area (Å²) in [5.74, 6) is 0. The molecule has 0 aromatic rings. The number of carbonyl (C=O) groups excluding carboxylic acids is 1. The van der Waals surface area contributed by atoms with Gasteiger partial charge in [0, 0.05) is 0 Å². The van der Waals surface area contributed by atoms with Gasteiger partial charge in [-0.1, -0.05) is 39.0 Å². The maximum atomic E-state index is 10.9. The van der Waals surface area contributed by atoms with E-state index in [-0.39, 0.29) is 6.10 Å². The largest absolute Gasteiger partial charge is 0.508 e. The Morgan fingerprint density at radius 2 is 1.67 bits per heavy atom. The van der Waals surface area contributed by atoms with E-state index in [4.69, 9.17) is 9.47 Å². The molecule has 0 bridgehead atoms. The summed E-state index contributed by atoms with van der Waals surface area (Å²) in [6, 6.07) is 0. The van der Waals surface area contributed by atoms with Crippen molar-refractivity contribution in [2.45, 2.75) is 65.4 Å². The van der Waals surface area contributed by atoms with Gasteiger partial charge in [-0.25, -0.2) is 4.79 Å². The summed E-state index contributed by atoms with van der Waals surface area (Å²) in [6.07, 6.45) is 6.52. The summed E-state index contributed by atoms with van der Waals surface area (Å²) in [7, 11) is 0. The Hall–Kier alpha value is -0.730. The zero-order valence-electron chi connectivity index (χ0n) is 10.3. The van der Waals surface area contributed by atoms with Crippen LogP contribution in [0.25, 0.3) is 0 Å². The van der Waals surface area contributed by atoms with Gasteiger partial charge >= 0.3 is 6.16 Å². The van der Waals surface area contributed by atoms with Crippen LogP contribution in [0.3, 0.4) is 0 Å². The second-order valence-corrected chi connectivity index (χ2v) is 4.03. The molecule has 0 fully saturated rings. The van der Waals surface area contributed by atoms with Gasteiger partial charge in [0.05, 0.1) is 12.7 Å². The van der Waals surface area contributed by atoms with E-state index in [9.17, 15) is 4.79 Å². The molecule has 0 spiro atoms. The Labute approximate surface area is 93.1 Å². The van der Waals surface area contributed by atoms with Crippen LogP contribution >= 0.6 is 0 Å². The number of hydrogen-bond acceptors (Lipinski definition) is 3. The van der Waals surface area contributed by atoms with Crippen LogP contribution in [0.5, 0.6) is 0 Å². The quantitative estimate of drug-likeness (QED) is 0.456. The lowest BCUT2D eigenvalue weighted by atomic mass is 10.1. The molecular weight excluding hydrogens is 192 g/mol. The predicted molar refractivity (Wildman–Crippen MR) is 60.9 cm³/mol. The van der Waals surface area contributed by atoms with Crippen molar-refractivity contribution in [3.05, 3.63) is 0 Å². The first kappa shape index (κ1) is 14.3. The highest BCUT2D eigenvalue weighted by molar-refractivity contribution is 5.59. The van der Waals surface area contributed by atoms with Gasteiger partial charge in [0.1, 0.15) is 0 Å². The topological polar surface area (TPSA) is 35.5 Å². The fraction of sp³-hybridized carbons (Fsp3) is 0.917. The van der Waals surface area contributed by atoms with Crippen LogP contribution in [-0.4, -0.2) is 18.9 Å². The summed E-state index contributed by atoms with van der Waals surface area (Å²) < 4.78 is 9.73. The van der Waals surface area contributed by atoms with Gasteiger partial charge in [-0.2, -0.15) is 0 Å². The third-order valence-corrected chi connectivity index (χ3v) is 2.05. The molecular formula is C12H24O3. The van der Waals surface area contributed by atoms with Gasteiger partial charge in [-0.05, 0) is 20.3 Å². The molecule has 0 heterocycles. The summed E-state index contributed by atoms with van der Waals surface area (Å²) >= 11 is 0. The molecule has 0 saturated carbocycles. The van der Waals surface area contributed by atoms with Crippen LogP contribution in [0.15, 0.2) is 0 Å². The van der Waals surface area contributed by atoms with E-state index in [2.05, 4.69) is 6.92 Å². The average molecular weight is 216 g/mol. The van der Waals surface area contributed by atoms with Crippen LogP contribution in [0.1, 0.15) is 59.3 Å². The van der Waals surface area contributed by atoms with Crippen molar-refractivity contribution < 1.29 is 14.3 Å². The summed E-state index contributed by atoms with van der Waals surface area (Å²) in [6.45, 7) is 6.31. The smallest absolute Gasteiger partial charge is 0.434 e. The van der Waals surface area contributed by atoms with E-state index in [1.165, 1.54) is 25.7 Å². The molecule has 0 rings (SSSR count). The van der Waals surface area contributed by atoms with Crippen molar-refractivity contribution in [3.63, 3.8) is 0 Å². The Kier molecular flexibility index (Phi) is 9.33. The normalized spacial score (nSPS) is 10.4. The second kappa shape index (κ2) is 9.81. The Balaban J connectivity index is 3.13. The van der Waals surface area contributed by atoms with Gasteiger partial charge in [0.2, 0.25) is 0 Å². The van der Waals surface area contributed by atoms with E-state index in [0.717, 1.165) is 12.8 Å². The predicted octanol–water partition coefficient (Wildman–Crippen LogP) is 3.91. The van der Waals surface area contributed by atoms with E-state index in [0.29, 0.717) is 6.61 Å². The molecule has 3 heteroatoms. The Bertz CT molecular complexity index is 155. The molecule has 90 valence electrons. The van der Waals surface area contributed by atoms with Crippen molar-refractivity contribution in [2.75, 3.05) is 6.61 Å². The first-order valence-electron chi connectivity index (χ1n) is 6.00. The summed E-state index contributed by atoms with van der Waals surface area (Å²) in [5.41, 5.74) is 0. The highest BCUT2D eigenvalue weighted by Crippen LogP contribution is 2.05. The maximum Gasteiger partial charge on any atom is 0.508 e. The average Bonchev–Trinajstić information content (AvgIpc) is 2.15. The number of rotatable bonds is 8. The minimum absolute atomic E-state index is 0.0953. The molecule has 0 aromatic carbocycles. The van der Waals surface area contributed by atoms with Crippen LogP contribution in [0, 0.1) is 0 Å². The van der Waals surface area contributed by atoms with E-state index >= 15 is 0 Å². The van der Waals surface area contributed by atoms with Gasteiger partial charge in [-0.3, -0.25) is 0 Å². The summed E-state index contributed by atoms with van der Waals surface area (Å²) in [5, 5.41) is 0. The number of ether oxygens (including phenoxy) is 2. The number of unbranched alkanes of at least 4 members (excludes halogenated alkanes) is 5. The van der Waals surface area contributed by atoms with Crippen molar-refractivity contribution in [3.8, 4) is 0 Å². The van der Waals surface area contributed by atoms with Gasteiger partial charge in [-0.15, -0.1) is 0 Å². The molecule has 0 unspecified atom stereocenters. The molecule has 0 amide bonds. The van der Waals surface area contributed by atoms with Crippen molar-refractivity contribution in [1.29, 1.82) is 0 Å².